The molecular weight excluding hydrogens is 310 g/mol. The van der Waals surface area contributed by atoms with E-state index in [-0.39, 0.29) is 6.04 Å². The summed E-state index contributed by atoms with van der Waals surface area (Å²) < 4.78 is 6.99. The van der Waals surface area contributed by atoms with E-state index in [1.54, 1.807) is 11.3 Å². The van der Waals surface area contributed by atoms with E-state index in [2.05, 4.69) is 40.4 Å². The highest BCUT2D eigenvalue weighted by Gasteiger charge is 2.09. The van der Waals surface area contributed by atoms with Crippen molar-refractivity contribution in [1.82, 2.24) is 0 Å². The van der Waals surface area contributed by atoms with Gasteiger partial charge in [-0.1, -0.05) is 12.1 Å². The minimum Gasteiger partial charge on any atom is -0.488 e. The minimum atomic E-state index is -0.0179. The molecule has 1 heterocycles. The molecule has 0 bridgehead atoms. The SMILES string of the molecule is Cc1ccc([C@H](C)N)c(OCc2cc(Br)cs2)c1. The average Bonchev–Trinajstić information content (AvgIpc) is 2.72. The third-order valence-electron chi connectivity index (χ3n) is 2.65. The molecule has 2 N–H and O–H groups in total. The van der Waals surface area contributed by atoms with E-state index in [0.29, 0.717) is 6.61 Å². The molecule has 18 heavy (non-hydrogen) atoms. The van der Waals surface area contributed by atoms with Crippen molar-refractivity contribution >= 4 is 27.3 Å². The molecule has 2 aromatic rings. The molecule has 0 saturated heterocycles. The van der Waals surface area contributed by atoms with Crippen LogP contribution in [0.2, 0.25) is 0 Å². The van der Waals surface area contributed by atoms with Gasteiger partial charge in [0.1, 0.15) is 12.4 Å². The van der Waals surface area contributed by atoms with Crippen LogP contribution in [0.15, 0.2) is 34.1 Å². The van der Waals surface area contributed by atoms with Crippen LogP contribution in [0.25, 0.3) is 0 Å². The second kappa shape index (κ2) is 5.87. The van der Waals surface area contributed by atoms with E-state index in [9.17, 15) is 0 Å². The fourth-order valence-corrected chi connectivity index (χ4v) is 3.08. The lowest BCUT2D eigenvalue weighted by atomic mass is 10.1. The summed E-state index contributed by atoms with van der Waals surface area (Å²) in [5, 5.41) is 2.06. The summed E-state index contributed by atoms with van der Waals surface area (Å²) in [6, 6.07) is 8.20. The van der Waals surface area contributed by atoms with Crippen LogP contribution in [0.5, 0.6) is 5.75 Å². The summed E-state index contributed by atoms with van der Waals surface area (Å²) in [5.74, 6) is 0.884. The molecule has 96 valence electrons. The molecule has 0 spiro atoms. The van der Waals surface area contributed by atoms with Crippen LogP contribution < -0.4 is 10.5 Å². The number of ether oxygens (including phenoxy) is 1. The van der Waals surface area contributed by atoms with Crippen molar-refractivity contribution in [2.75, 3.05) is 0 Å². The first-order chi connectivity index (χ1) is 8.56. The van der Waals surface area contributed by atoms with Crippen LogP contribution in [0.4, 0.5) is 0 Å². The normalized spacial score (nSPS) is 12.4. The van der Waals surface area contributed by atoms with Crippen molar-refractivity contribution in [3.63, 3.8) is 0 Å². The predicted octanol–water partition coefficient (Wildman–Crippen LogP) is 4.42. The fraction of sp³-hybridized carbons (Fsp3) is 0.286. The Labute approximate surface area is 120 Å². The van der Waals surface area contributed by atoms with Gasteiger partial charge in [-0.25, -0.2) is 0 Å². The summed E-state index contributed by atoms with van der Waals surface area (Å²) in [7, 11) is 0. The van der Waals surface area contributed by atoms with Crippen LogP contribution in [-0.4, -0.2) is 0 Å². The fourth-order valence-electron chi connectivity index (χ4n) is 1.72. The van der Waals surface area contributed by atoms with Crippen LogP contribution in [0.1, 0.15) is 29.0 Å². The molecule has 0 amide bonds. The Bertz CT molecular complexity index is 536. The van der Waals surface area contributed by atoms with Crippen molar-refractivity contribution in [3.05, 3.63) is 50.1 Å². The molecule has 0 saturated carbocycles. The lowest BCUT2D eigenvalue weighted by Crippen LogP contribution is -2.08. The molecule has 2 nitrogen and oxygen atoms in total. The maximum Gasteiger partial charge on any atom is 0.124 e. The van der Waals surface area contributed by atoms with Gasteiger partial charge in [-0.15, -0.1) is 11.3 Å². The zero-order chi connectivity index (χ0) is 13.1. The Kier molecular flexibility index (Phi) is 4.43. The first-order valence-corrected chi connectivity index (χ1v) is 7.45. The van der Waals surface area contributed by atoms with Crippen LogP contribution in [-0.2, 0) is 6.61 Å². The molecule has 2 rings (SSSR count). The number of nitrogens with two attached hydrogens (primary N) is 1. The number of benzene rings is 1. The van der Waals surface area contributed by atoms with E-state index in [1.807, 2.05) is 19.1 Å². The number of halogens is 1. The van der Waals surface area contributed by atoms with Gasteiger partial charge in [-0.2, -0.15) is 0 Å². The summed E-state index contributed by atoms with van der Waals surface area (Å²) in [4.78, 5) is 1.19. The third kappa shape index (κ3) is 3.34. The molecule has 1 aromatic heterocycles. The van der Waals surface area contributed by atoms with E-state index in [0.717, 1.165) is 15.8 Å². The molecule has 4 heteroatoms. The number of hydrogen-bond donors (Lipinski definition) is 1. The van der Waals surface area contributed by atoms with Crippen molar-refractivity contribution in [2.24, 2.45) is 5.73 Å². The van der Waals surface area contributed by atoms with Gasteiger partial charge in [0.15, 0.2) is 0 Å². The highest BCUT2D eigenvalue weighted by Crippen LogP contribution is 2.27. The van der Waals surface area contributed by atoms with E-state index in [4.69, 9.17) is 10.5 Å². The average molecular weight is 326 g/mol. The quantitative estimate of drug-likeness (QED) is 0.903. The summed E-state index contributed by atoms with van der Waals surface area (Å²) in [6.45, 7) is 4.61. The maximum absolute atomic E-state index is 5.95. The van der Waals surface area contributed by atoms with Gasteiger partial charge >= 0.3 is 0 Å². The van der Waals surface area contributed by atoms with Crippen molar-refractivity contribution in [3.8, 4) is 5.75 Å². The highest BCUT2D eigenvalue weighted by molar-refractivity contribution is 9.10. The standard InChI is InChI=1S/C14H16BrNOS/c1-9-3-4-13(10(2)16)14(5-9)17-7-12-6-11(15)8-18-12/h3-6,8,10H,7,16H2,1-2H3/t10-/m0/s1. The van der Waals surface area contributed by atoms with Gasteiger partial charge in [0, 0.05) is 26.3 Å². The molecule has 0 aliphatic carbocycles. The monoisotopic (exact) mass is 325 g/mol. The predicted molar refractivity (Wildman–Crippen MR) is 80.1 cm³/mol. The molecule has 0 fully saturated rings. The van der Waals surface area contributed by atoms with Gasteiger partial charge in [-0.05, 0) is 47.5 Å². The Morgan fingerprint density at radius 1 is 1.39 bits per heavy atom. The van der Waals surface area contributed by atoms with E-state index < -0.39 is 0 Å². The van der Waals surface area contributed by atoms with E-state index in [1.165, 1.54) is 10.4 Å². The third-order valence-corrected chi connectivity index (χ3v) is 4.32. The lowest BCUT2D eigenvalue weighted by molar-refractivity contribution is 0.305. The molecule has 1 atom stereocenters. The van der Waals surface area contributed by atoms with Gasteiger partial charge in [0.25, 0.3) is 0 Å². The number of aryl methyl sites for hydroxylation is 1. The largest absolute Gasteiger partial charge is 0.488 e. The second-order valence-electron chi connectivity index (χ2n) is 4.35. The molecule has 0 radical (unpaired) electrons. The maximum atomic E-state index is 5.95. The summed E-state index contributed by atoms with van der Waals surface area (Å²) >= 11 is 5.13. The number of thiophene rings is 1. The van der Waals surface area contributed by atoms with Crippen molar-refractivity contribution in [1.29, 1.82) is 0 Å². The Morgan fingerprint density at radius 3 is 2.78 bits per heavy atom. The number of rotatable bonds is 4. The first kappa shape index (κ1) is 13.6. The van der Waals surface area contributed by atoms with Gasteiger partial charge < -0.3 is 10.5 Å². The molecule has 0 aliphatic rings. The van der Waals surface area contributed by atoms with Gasteiger partial charge in [-0.3, -0.25) is 0 Å². The topological polar surface area (TPSA) is 35.2 Å². The van der Waals surface area contributed by atoms with Gasteiger partial charge in [0.05, 0.1) is 0 Å². The molecular formula is C14H16BrNOS. The van der Waals surface area contributed by atoms with Crippen LogP contribution in [0.3, 0.4) is 0 Å². The smallest absolute Gasteiger partial charge is 0.124 e. The van der Waals surface area contributed by atoms with Crippen LogP contribution in [0, 0.1) is 6.92 Å². The van der Waals surface area contributed by atoms with Crippen molar-refractivity contribution < 1.29 is 4.74 Å². The highest BCUT2D eigenvalue weighted by atomic mass is 79.9. The van der Waals surface area contributed by atoms with Crippen molar-refractivity contribution in [2.45, 2.75) is 26.5 Å². The number of hydrogen-bond acceptors (Lipinski definition) is 3. The Hall–Kier alpha value is -0.840. The van der Waals surface area contributed by atoms with E-state index >= 15 is 0 Å². The molecule has 0 aliphatic heterocycles. The second-order valence-corrected chi connectivity index (χ2v) is 6.26. The Morgan fingerprint density at radius 2 is 2.17 bits per heavy atom. The zero-order valence-electron chi connectivity index (χ0n) is 10.4. The minimum absolute atomic E-state index is 0.0179. The molecule has 0 unspecified atom stereocenters. The Balaban J connectivity index is 2.15. The molecule has 1 aromatic carbocycles. The van der Waals surface area contributed by atoms with Crippen LogP contribution >= 0.6 is 27.3 Å². The first-order valence-electron chi connectivity index (χ1n) is 5.78. The summed E-state index contributed by atoms with van der Waals surface area (Å²) in [6.07, 6.45) is 0. The lowest BCUT2D eigenvalue weighted by Gasteiger charge is -2.14. The van der Waals surface area contributed by atoms with Gasteiger partial charge in [0.2, 0.25) is 0 Å². The zero-order valence-corrected chi connectivity index (χ0v) is 12.8. The summed E-state index contributed by atoms with van der Waals surface area (Å²) in [5.41, 5.74) is 8.19.